The van der Waals surface area contributed by atoms with Crippen LogP contribution in [0.5, 0.6) is 0 Å². The molecule has 4 saturated carbocycles. The second-order valence-corrected chi connectivity index (χ2v) is 9.70. The van der Waals surface area contributed by atoms with E-state index in [1.165, 1.54) is 44.1 Å². The molecule has 1 aliphatic heterocycles. The maximum Gasteiger partial charge on any atom is 0.233 e. The number of fused-ring (bicyclic) bond motifs is 1. The van der Waals surface area contributed by atoms with Crippen molar-refractivity contribution >= 4 is 11.8 Å². The van der Waals surface area contributed by atoms with Crippen LogP contribution in [-0.2, 0) is 9.59 Å². The Morgan fingerprint density at radius 2 is 1.58 bits per heavy atom. The number of carbonyl (C=O) groups excluding carboxylic acids is 2. The fourth-order valence-corrected chi connectivity index (χ4v) is 7.27. The zero-order valence-corrected chi connectivity index (χ0v) is 14.8. The molecule has 3 heteroatoms. The van der Waals surface area contributed by atoms with Gasteiger partial charge in [-0.15, -0.1) is 0 Å². The Labute approximate surface area is 144 Å². The average molecular weight is 327 g/mol. The third kappa shape index (κ3) is 2.23. The summed E-state index contributed by atoms with van der Waals surface area (Å²) in [5.41, 5.74) is 1.73. The van der Waals surface area contributed by atoms with E-state index in [0.717, 1.165) is 37.0 Å². The lowest BCUT2D eigenvalue weighted by Crippen LogP contribution is -2.47. The van der Waals surface area contributed by atoms with Crippen LogP contribution in [0.15, 0.2) is 11.6 Å². The molecule has 0 aromatic rings. The number of nitrogens with zero attached hydrogens (tertiary/aromatic N) is 1. The van der Waals surface area contributed by atoms with E-state index in [9.17, 15) is 9.59 Å². The molecule has 0 radical (unpaired) electrons. The monoisotopic (exact) mass is 327 g/mol. The van der Waals surface area contributed by atoms with E-state index >= 15 is 0 Å². The van der Waals surface area contributed by atoms with E-state index in [2.05, 4.69) is 13.0 Å². The third-order valence-corrected chi connectivity index (χ3v) is 7.95. The van der Waals surface area contributed by atoms with Crippen molar-refractivity contribution in [1.29, 1.82) is 0 Å². The van der Waals surface area contributed by atoms with Gasteiger partial charge in [0.2, 0.25) is 11.8 Å². The van der Waals surface area contributed by atoms with Crippen molar-refractivity contribution in [3.63, 3.8) is 0 Å². The van der Waals surface area contributed by atoms with Crippen molar-refractivity contribution < 1.29 is 9.59 Å². The van der Waals surface area contributed by atoms with Crippen LogP contribution < -0.4 is 0 Å². The minimum atomic E-state index is -0.0578. The quantitative estimate of drug-likeness (QED) is 0.582. The van der Waals surface area contributed by atoms with Crippen LogP contribution in [0.2, 0.25) is 0 Å². The van der Waals surface area contributed by atoms with Crippen LogP contribution in [0.1, 0.15) is 64.7 Å². The molecule has 2 amide bonds. The molecule has 1 heterocycles. The second kappa shape index (κ2) is 5.19. The Bertz CT molecular complexity index is 584. The molecule has 5 aliphatic carbocycles. The Hall–Kier alpha value is -1.12. The lowest BCUT2D eigenvalue weighted by Gasteiger charge is -2.57. The third-order valence-electron chi connectivity index (χ3n) is 7.95. The second-order valence-electron chi connectivity index (χ2n) is 9.70. The molecule has 2 atom stereocenters. The molecule has 0 N–H and O–H groups in total. The molecule has 130 valence electrons. The van der Waals surface area contributed by atoms with Crippen LogP contribution in [-0.4, -0.2) is 23.3 Å². The molecule has 24 heavy (non-hydrogen) atoms. The lowest BCUT2D eigenvalue weighted by atomic mass is 9.49. The summed E-state index contributed by atoms with van der Waals surface area (Å²) in [5, 5.41) is 0. The first kappa shape index (κ1) is 15.2. The number of hydrogen-bond donors (Lipinski definition) is 0. The van der Waals surface area contributed by atoms with E-state index < -0.39 is 0 Å². The summed E-state index contributed by atoms with van der Waals surface area (Å²) in [4.78, 5) is 27.2. The zero-order chi connectivity index (χ0) is 16.5. The molecule has 5 fully saturated rings. The van der Waals surface area contributed by atoms with Gasteiger partial charge in [0.05, 0.1) is 11.8 Å². The Balaban J connectivity index is 1.29. The van der Waals surface area contributed by atoms with Gasteiger partial charge in [-0.25, -0.2) is 0 Å². The Morgan fingerprint density at radius 1 is 1.00 bits per heavy atom. The van der Waals surface area contributed by atoms with Crippen LogP contribution in [0, 0.1) is 35.0 Å². The molecule has 4 bridgehead atoms. The Kier molecular flexibility index (Phi) is 3.28. The number of carbonyl (C=O) groups is 2. The SMILES string of the molecule is CC1=CC[C@@H]2C(=O)N(CCC34CC5CC(CC(C5)C3)C4)C(=O)[C@H]2C1. The largest absolute Gasteiger partial charge is 0.282 e. The van der Waals surface area contributed by atoms with Crippen molar-refractivity contribution in [1.82, 2.24) is 4.90 Å². The van der Waals surface area contributed by atoms with Crippen molar-refractivity contribution in [2.24, 2.45) is 35.0 Å². The van der Waals surface area contributed by atoms with E-state index in [0.29, 0.717) is 12.0 Å². The highest BCUT2D eigenvalue weighted by Crippen LogP contribution is 2.61. The summed E-state index contributed by atoms with van der Waals surface area (Å²) >= 11 is 0. The Morgan fingerprint density at radius 3 is 2.21 bits per heavy atom. The smallest absolute Gasteiger partial charge is 0.233 e. The van der Waals surface area contributed by atoms with Crippen molar-refractivity contribution in [2.45, 2.75) is 64.7 Å². The highest BCUT2D eigenvalue weighted by molar-refractivity contribution is 6.05. The summed E-state index contributed by atoms with van der Waals surface area (Å²) < 4.78 is 0. The first-order valence-corrected chi connectivity index (χ1v) is 10.0. The molecule has 6 aliphatic rings. The minimum absolute atomic E-state index is 0.0566. The highest BCUT2D eigenvalue weighted by atomic mass is 16.2. The summed E-state index contributed by atoms with van der Waals surface area (Å²) in [6.45, 7) is 2.78. The number of hydrogen-bond acceptors (Lipinski definition) is 2. The molecule has 6 rings (SSSR count). The maximum atomic E-state index is 12.8. The summed E-state index contributed by atoms with van der Waals surface area (Å²) in [5.74, 6) is 2.96. The molecule has 3 nitrogen and oxygen atoms in total. The minimum Gasteiger partial charge on any atom is -0.282 e. The van der Waals surface area contributed by atoms with Crippen LogP contribution in [0.4, 0.5) is 0 Å². The number of likely N-dealkylation sites (tertiary alicyclic amines) is 1. The lowest BCUT2D eigenvalue weighted by molar-refractivity contribution is -0.141. The standard InChI is InChI=1S/C21H29NO2/c1-13-2-3-17-18(6-13)20(24)22(19(17)23)5-4-21-10-14-7-15(11-21)9-16(8-14)12-21/h2,14-18H,3-12H2,1H3/t14?,15?,16?,17-,18-,21?/m0/s1. The summed E-state index contributed by atoms with van der Waals surface area (Å²) in [7, 11) is 0. The van der Waals surface area contributed by atoms with Gasteiger partial charge in [-0.3, -0.25) is 14.5 Å². The zero-order valence-electron chi connectivity index (χ0n) is 14.8. The van der Waals surface area contributed by atoms with Crippen LogP contribution in [0.25, 0.3) is 0 Å². The first-order valence-electron chi connectivity index (χ1n) is 10.0. The normalized spacial score (nSPS) is 46.5. The molecular weight excluding hydrogens is 298 g/mol. The van der Waals surface area contributed by atoms with E-state index in [4.69, 9.17) is 0 Å². The van der Waals surface area contributed by atoms with Crippen LogP contribution >= 0.6 is 0 Å². The number of allylic oxidation sites excluding steroid dienone is 2. The van der Waals surface area contributed by atoms with Gasteiger partial charge in [-0.1, -0.05) is 11.6 Å². The van der Waals surface area contributed by atoms with Gasteiger partial charge in [-0.05, 0) is 87.9 Å². The summed E-state index contributed by atoms with van der Waals surface area (Å²) in [6, 6.07) is 0. The molecule has 0 unspecified atom stereocenters. The summed E-state index contributed by atoms with van der Waals surface area (Å²) in [6.07, 6.45) is 13.3. The fraction of sp³-hybridized carbons (Fsp3) is 0.810. The van der Waals surface area contributed by atoms with Crippen LogP contribution in [0.3, 0.4) is 0 Å². The van der Waals surface area contributed by atoms with Crippen molar-refractivity contribution in [3.05, 3.63) is 11.6 Å². The van der Waals surface area contributed by atoms with E-state index in [1.54, 1.807) is 4.90 Å². The molecule has 1 saturated heterocycles. The van der Waals surface area contributed by atoms with Gasteiger partial charge < -0.3 is 0 Å². The average Bonchev–Trinajstić information content (AvgIpc) is 2.75. The highest BCUT2D eigenvalue weighted by Gasteiger charge is 2.52. The van der Waals surface area contributed by atoms with Crippen molar-refractivity contribution in [2.75, 3.05) is 6.54 Å². The molecule has 0 aromatic heterocycles. The van der Waals surface area contributed by atoms with Gasteiger partial charge >= 0.3 is 0 Å². The number of rotatable bonds is 3. The van der Waals surface area contributed by atoms with Gasteiger partial charge in [0.1, 0.15) is 0 Å². The number of amides is 2. The maximum absolute atomic E-state index is 12.8. The fourth-order valence-electron chi connectivity index (χ4n) is 7.27. The topological polar surface area (TPSA) is 37.4 Å². The first-order chi connectivity index (χ1) is 11.5. The number of imide groups is 1. The van der Waals surface area contributed by atoms with E-state index in [-0.39, 0.29) is 23.7 Å². The van der Waals surface area contributed by atoms with Gasteiger partial charge in [-0.2, -0.15) is 0 Å². The molecular formula is C21H29NO2. The van der Waals surface area contributed by atoms with E-state index in [1.807, 2.05) is 0 Å². The van der Waals surface area contributed by atoms with Gasteiger partial charge in [0, 0.05) is 6.54 Å². The molecule has 0 spiro atoms. The molecule has 0 aromatic carbocycles. The van der Waals surface area contributed by atoms with Gasteiger partial charge in [0.15, 0.2) is 0 Å². The predicted molar refractivity (Wildman–Crippen MR) is 91.9 cm³/mol. The van der Waals surface area contributed by atoms with Gasteiger partial charge in [0.25, 0.3) is 0 Å². The van der Waals surface area contributed by atoms with Crippen molar-refractivity contribution in [3.8, 4) is 0 Å². The predicted octanol–water partition coefficient (Wildman–Crippen LogP) is 3.93.